The second-order valence-electron chi connectivity index (χ2n) is 10.6. The van der Waals surface area contributed by atoms with Crippen molar-refractivity contribution in [3.8, 4) is 22.3 Å². The quantitative estimate of drug-likeness (QED) is 0.102. The van der Waals surface area contributed by atoms with Crippen LogP contribution in [0.4, 0.5) is 18.0 Å². The van der Waals surface area contributed by atoms with Gasteiger partial charge in [-0.15, -0.1) is 0 Å². The molecule has 0 amide bonds. The van der Waals surface area contributed by atoms with Crippen LogP contribution >= 0.6 is 0 Å². The van der Waals surface area contributed by atoms with Crippen LogP contribution in [0.5, 0.6) is 0 Å². The van der Waals surface area contributed by atoms with Crippen LogP contribution in [0.25, 0.3) is 22.3 Å². The number of ether oxygens (including phenoxy) is 2. The minimum absolute atomic E-state index is 0.0277. The number of carbonyl (C=O) groups is 2. The van der Waals surface area contributed by atoms with Crippen LogP contribution in [0.3, 0.4) is 0 Å². The van der Waals surface area contributed by atoms with Gasteiger partial charge in [0.15, 0.2) is 0 Å². The highest BCUT2D eigenvalue weighted by molar-refractivity contribution is 5.98. The number of aryl methyl sites for hydroxylation is 1. The van der Waals surface area contributed by atoms with E-state index < -0.39 is 30.8 Å². The van der Waals surface area contributed by atoms with Crippen molar-refractivity contribution >= 4 is 12.1 Å². The van der Waals surface area contributed by atoms with Crippen LogP contribution < -0.4 is 0 Å². The van der Waals surface area contributed by atoms with Gasteiger partial charge in [-0.25, -0.2) is 9.59 Å². The maximum absolute atomic E-state index is 13.1. The fourth-order valence-corrected chi connectivity index (χ4v) is 4.92. The number of unbranched alkanes of at least 4 members (excludes halogenated alkanes) is 7. The lowest BCUT2D eigenvalue weighted by atomic mass is 9.92. The van der Waals surface area contributed by atoms with E-state index in [1.54, 1.807) is 12.1 Å². The van der Waals surface area contributed by atoms with Gasteiger partial charge in [0.25, 0.3) is 0 Å². The van der Waals surface area contributed by atoms with Gasteiger partial charge in [0.1, 0.15) is 0 Å². The first-order valence-corrected chi connectivity index (χ1v) is 15.0. The lowest BCUT2D eigenvalue weighted by molar-refractivity contribution is -0.209. The summed E-state index contributed by atoms with van der Waals surface area (Å²) >= 11 is 0. The van der Waals surface area contributed by atoms with E-state index in [9.17, 15) is 22.8 Å². The Kier molecular flexibility index (Phi) is 13.1. The highest BCUT2D eigenvalue weighted by atomic mass is 19.4. The van der Waals surface area contributed by atoms with E-state index in [1.165, 1.54) is 63.5 Å². The maximum Gasteiger partial charge on any atom is 0.517 e. The van der Waals surface area contributed by atoms with Gasteiger partial charge in [-0.05, 0) is 59.2 Å². The van der Waals surface area contributed by atoms with Crippen molar-refractivity contribution in [3.63, 3.8) is 0 Å². The summed E-state index contributed by atoms with van der Waals surface area (Å²) in [4.78, 5) is 24.8. The van der Waals surface area contributed by atoms with Crippen LogP contribution in [0.15, 0.2) is 72.8 Å². The normalized spacial score (nSPS) is 12.1. The Morgan fingerprint density at radius 2 is 1.33 bits per heavy atom. The van der Waals surface area contributed by atoms with Crippen molar-refractivity contribution in [1.82, 2.24) is 0 Å². The number of rotatable bonds is 15. The van der Waals surface area contributed by atoms with Gasteiger partial charge in [-0.3, -0.25) is 0 Å². The third-order valence-corrected chi connectivity index (χ3v) is 7.25. The molecule has 0 aromatic heterocycles. The Hall–Kier alpha value is -3.61. The van der Waals surface area contributed by atoms with E-state index in [-0.39, 0.29) is 12.0 Å². The fourth-order valence-electron chi connectivity index (χ4n) is 4.92. The summed E-state index contributed by atoms with van der Waals surface area (Å²) in [5, 5.41) is 0. The molecule has 0 spiro atoms. The van der Waals surface area contributed by atoms with Gasteiger partial charge >= 0.3 is 18.3 Å². The van der Waals surface area contributed by atoms with E-state index in [1.807, 2.05) is 30.3 Å². The minimum Gasteiger partial charge on any atom is -0.421 e. The van der Waals surface area contributed by atoms with E-state index in [2.05, 4.69) is 40.7 Å². The number of esters is 1. The van der Waals surface area contributed by atoms with Crippen molar-refractivity contribution in [2.45, 2.75) is 96.8 Å². The maximum atomic E-state index is 13.1. The van der Waals surface area contributed by atoms with E-state index in [4.69, 9.17) is 0 Å². The number of alkyl halides is 3. The summed E-state index contributed by atoms with van der Waals surface area (Å²) in [5.41, 5.74) is 4.70. The van der Waals surface area contributed by atoms with Gasteiger partial charge in [0.2, 0.25) is 6.10 Å². The molecule has 3 rings (SSSR count). The average Bonchev–Trinajstić information content (AvgIpc) is 2.98. The largest absolute Gasteiger partial charge is 0.517 e. The molecule has 0 aliphatic heterocycles. The first-order valence-electron chi connectivity index (χ1n) is 15.0. The summed E-state index contributed by atoms with van der Waals surface area (Å²) in [6.07, 6.45) is 2.21. The zero-order valence-electron chi connectivity index (χ0n) is 24.6. The van der Waals surface area contributed by atoms with Crippen LogP contribution in [0.2, 0.25) is 0 Å². The zero-order chi connectivity index (χ0) is 30.4. The van der Waals surface area contributed by atoms with E-state index in [0.29, 0.717) is 0 Å². The molecule has 0 N–H and O–H groups in total. The molecule has 0 saturated heterocycles. The molecule has 0 aliphatic rings. The SMILES string of the molecule is CCCCCCCCCCc1ccc(-c2ccc(C(=O)OC(=O)OC(CCC)C(F)(F)F)cc2-c2ccccc2)cc1. The third kappa shape index (κ3) is 10.3. The van der Waals surface area contributed by atoms with Gasteiger partial charge in [-0.2, -0.15) is 13.2 Å². The molecule has 1 atom stereocenters. The Balaban J connectivity index is 1.70. The Bertz CT molecular complexity index is 1250. The monoisotopic (exact) mass is 582 g/mol. The van der Waals surface area contributed by atoms with Gasteiger partial charge < -0.3 is 9.47 Å². The summed E-state index contributed by atoms with van der Waals surface area (Å²) in [5.74, 6) is -1.08. The molecule has 226 valence electrons. The first kappa shape index (κ1) is 32.9. The fraction of sp³-hybridized carbons (Fsp3) is 0.429. The predicted octanol–water partition coefficient (Wildman–Crippen LogP) is 10.7. The highest BCUT2D eigenvalue weighted by Crippen LogP contribution is 2.34. The predicted molar refractivity (Wildman–Crippen MR) is 160 cm³/mol. The molecular formula is C35H41F3O4. The van der Waals surface area contributed by atoms with Crippen molar-refractivity contribution in [1.29, 1.82) is 0 Å². The van der Waals surface area contributed by atoms with Crippen LogP contribution in [-0.2, 0) is 15.9 Å². The molecule has 3 aromatic carbocycles. The Labute approximate surface area is 247 Å². The second-order valence-corrected chi connectivity index (χ2v) is 10.6. The average molecular weight is 583 g/mol. The molecule has 1 unspecified atom stereocenters. The Morgan fingerprint density at radius 3 is 1.95 bits per heavy atom. The minimum atomic E-state index is -4.75. The molecule has 42 heavy (non-hydrogen) atoms. The lowest BCUT2D eigenvalue weighted by Gasteiger charge is -2.19. The van der Waals surface area contributed by atoms with E-state index >= 15 is 0 Å². The van der Waals surface area contributed by atoms with Crippen LogP contribution in [0.1, 0.15) is 94.0 Å². The molecule has 0 bridgehead atoms. The smallest absolute Gasteiger partial charge is 0.421 e. The van der Waals surface area contributed by atoms with Crippen molar-refractivity contribution < 1.29 is 32.2 Å². The molecule has 4 nitrogen and oxygen atoms in total. The molecule has 0 fully saturated rings. The third-order valence-electron chi connectivity index (χ3n) is 7.25. The number of halogens is 3. The van der Waals surface area contributed by atoms with Crippen LogP contribution in [-0.4, -0.2) is 24.4 Å². The lowest BCUT2D eigenvalue weighted by Crippen LogP contribution is -2.34. The topological polar surface area (TPSA) is 52.6 Å². The van der Waals surface area contributed by atoms with Crippen LogP contribution in [0, 0.1) is 0 Å². The summed E-state index contributed by atoms with van der Waals surface area (Å²) in [6.45, 7) is 3.77. The number of hydrogen-bond acceptors (Lipinski definition) is 4. The number of benzene rings is 3. The molecule has 0 saturated carbocycles. The van der Waals surface area contributed by atoms with E-state index in [0.717, 1.165) is 35.1 Å². The molecule has 3 aromatic rings. The standard InChI is InChI=1S/C35H41F3O4/c1-3-5-6-7-8-9-10-12-16-26-19-21-28(22-20-26)30-24-23-29(25-31(30)27-17-13-11-14-18-27)33(39)42-34(40)41-32(15-4-2)35(36,37)38/h11,13-14,17-25,32H,3-10,12,15-16H2,1-2H3. The molecule has 0 aliphatic carbocycles. The molecule has 7 heteroatoms. The van der Waals surface area contributed by atoms with Gasteiger partial charge in [0, 0.05) is 0 Å². The number of carbonyl (C=O) groups excluding carboxylic acids is 2. The van der Waals surface area contributed by atoms with Gasteiger partial charge in [-0.1, -0.05) is 126 Å². The second kappa shape index (κ2) is 16.7. The highest BCUT2D eigenvalue weighted by Gasteiger charge is 2.42. The summed E-state index contributed by atoms with van der Waals surface area (Å²) in [6, 6.07) is 22.6. The summed E-state index contributed by atoms with van der Waals surface area (Å²) < 4.78 is 48.4. The van der Waals surface area contributed by atoms with Crippen molar-refractivity contribution in [3.05, 3.63) is 83.9 Å². The van der Waals surface area contributed by atoms with Crippen molar-refractivity contribution in [2.75, 3.05) is 0 Å². The molecule has 0 radical (unpaired) electrons. The van der Waals surface area contributed by atoms with Crippen molar-refractivity contribution in [2.24, 2.45) is 0 Å². The zero-order valence-corrected chi connectivity index (χ0v) is 24.6. The first-order chi connectivity index (χ1) is 20.2. The molecule has 0 heterocycles. The Morgan fingerprint density at radius 1 is 0.714 bits per heavy atom. The van der Waals surface area contributed by atoms with Gasteiger partial charge in [0.05, 0.1) is 5.56 Å². The molecular weight excluding hydrogens is 541 g/mol. The number of hydrogen-bond donors (Lipinski definition) is 0. The summed E-state index contributed by atoms with van der Waals surface area (Å²) in [7, 11) is 0.